The molecule has 1 aromatic rings. The second-order valence-corrected chi connectivity index (χ2v) is 4.96. The normalized spacial score (nSPS) is 28.6. The molecule has 2 heterocycles. The third kappa shape index (κ3) is 1.36. The van der Waals surface area contributed by atoms with Crippen molar-refractivity contribution in [1.82, 2.24) is 4.90 Å². The van der Waals surface area contributed by atoms with Gasteiger partial charge in [0.2, 0.25) is 5.91 Å². The predicted molar refractivity (Wildman–Crippen MR) is 63.0 cm³/mol. The van der Waals surface area contributed by atoms with Crippen molar-refractivity contribution in [2.75, 3.05) is 0 Å². The number of hydrogen-bond donors (Lipinski definition) is 0. The molecule has 0 radical (unpaired) electrons. The molecule has 0 aromatic heterocycles. The van der Waals surface area contributed by atoms with Gasteiger partial charge in [0.25, 0.3) is 0 Å². The molecule has 2 unspecified atom stereocenters. The molecule has 1 fully saturated rings. The van der Waals surface area contributed by atoms with Crippen molar-refractivity contribution < 1.29 is 4.79 Å². The number of fused-ring (bicyclic) bond motifs is 3. The maximum atomic E-state index is 12.0. The maximum Gasteiger partial charge on any atom is 0.223 e. The number of rotatable bonds is 0. The number of piperidine rings is 1. The highest BCUT2D eigenvalue weighted by Crippen LogP contribution is 2.39. The maximum absolute atomic E-state index is 12.0. The lowest BCUT2D eigenvalue weighted by Crippen LogP contribution is -2.47. The monoisotopic (exact) mass is 215 g/mol. The average molecular weight is 215 g/mol. The number of hydrogen-bond acceptors (Lipinski definition) is 1. The van der Waals surface area contributed by atoms with E-state index in [1.54, 1.807) is 0 Å². The van der Waals surface area contributed by atoms with Gasteiger partial charge in [-0.25, -0.2) is 0 Å². The molecule has 0 saturated carbocycles. The number of benzene rings is 1. The molecule has 84 valence electrons. The molecule has 1 amide bonds. The molecule has 2 nitrogen and oxygen atoms in total. The third-order valence-electron chi connectivity index (χ3n) is 3.90. The quantitative estimate of drug-likeness (QED) is 0.651. The summed E-state index contributed by atoms with van der Waals surface area (Å²) >= 11 is 0. The van der Waals surface area contributed by atoms with Crippen molar-refractivity contribution in [3.8, 4) is 0 Å². The summed E-state index contributed by atoms with van der Waals surface area (Å²) in [4.78, 5) is 14.1. The van der Waals surface area contributed by atoms with Gasteiger partial charge in [-0.3, -0.25) is 4.79 Å². The van der Waals surface area contributed by atoms with E-state index in [4.69, 9.17) is 0 Å². The van der Waals surface area contributed by atoms with Gasteiger partial charge in [-0.1, -0.05) is 24.3 Å². The van der Waals surface area contributed by atoms with Crippen LogP contribution in [0.3, 0.4) is 0 Å². The van der Waals surface area contributed by atoms with Crippen LogP contribution in [0.1, 0.15) is 43.4 Å². The van der Waals surface area contributed by atoms with Crippen LogP contribution in [0, 0.1) is 0 Å². The summed E-state index contributed by atoms with van der Waals surface area (Å²) in [6.07, 6.45) is 3.93. The molecule has 0 bridgehead atoms. The van der Waals surface area contributed by atoms with E-state index in [0.29, 0.717) is 18.0 Å². The van der Waals surface area contributed by atoms with Crippen molar-refractivity contribution >= 4 is 5.91 Å². The Kier molecular flexibility index (Phi) is 2.23. The van der Waals surface area contributed by atoms with Crippen LogP contribution in [0.2, 0.25) is 0 Å². The highest BCUT2D eigenvalue weighted by molar-refractivity contribution is 5.78. The first kappa shape index (κ1) is 9.88. The van der Waals surface area contributed by atoms with Crippen LogP contribution in [0.4, 0.5) is 0 Å². The Bertz CT molecular complexity index is 426. The van der Waals surface area contributed by atoms with Crippen LogP contribution in [0.15, 0.2) is 24.3 Å². The fourth-order valence-corrected chi connectivity index (χ4v) is 3.21. The lowest BCUT2D eigenvalue weighted by molar-refractivity contribution is -0.139. The molecule has 2 atom stereocenters. The van der Waals surface area contributed by atoms with Gasteiger partial charge in [0.1, 0.15) is 0 Å². The van der Waals surface area contributed by atoms with E-state index >= 15 is 0 Å². The minimum Gasteiger partial charge on any atom is -0.333 e. The lowest BCUT2D eigenvalue weighted by atomic mass is 9.84. The van der Waals surface area contributed by atoms with E-state index in [0.717, 1.165) is 25.7 Å². The first-order valence-corrected chi connectivity index (χ1v) is 6.16. The van der Waals surface area contributed by atoms with Gasteiger partial charge < -0.3 is 4.90 Å². The Labute approximate surface area is 96.3 Å². The zero-order chi connectivity index (χ0) is 11.1. The average Bonchev–Trinajstić information content (AvgIpc) is 2.29. The third-order valence-corrected chi connectivity index (χ3v) is 3.90. The molecule has 1 saturated heterocycles. The largest absolute Gasteiger partial charge is 0.333 e. The minimum absolute atomic E-state index is 0.346. The number of carbonyl (C=O) groups is 1. The van der Waals surface area contributed by atoms with Gasteiger partial charge in [-0.05, 0) is 37.3 Å². The summed E-state index contributed by atoms with van der Waals surface area (Å²) in [7, 11) is 0. The predicted octanol–water partition coefficient (Wildman–Crippen LogP) is 2.68. The van der Waals surface area contributed by atoms with Crippen LogP contribution in [-0.2, 0) is 11.2 Å². The standard InChI is InChI=1S/C14H17NO/c1-10-9-11-5-2-3-6-12(11)13-7-4-8-14(16)15(10)13/h2-3,5-6,10,13H,4,7-9H2,1H3. The number of nitrogens with zero attached hydrogens (tertiary/aromatic N) is 1. The fourth-order valence-electron chi connectivity index (χ4n) is 3.21. The Morgan fingerprint density at radius 1 is 1.31 bits per heavy atom. The Morgan fingerprint density at radius 3 is 3.00 bits per heavy atom. The van der Waals surface area contributed by atoms with Crippen molar-refractivity contribution in [2.24, 2.45) is 0 Å². The summed E-state index contributed by atoms with van der Waals surface area (Å²) in [5.74, 6) is 0.346. The van der Waals surface area contributed by atoms with Crippen molar-refractivity contribution in [3.05, 3.63) is 35.4 Å². The van der Waals surface area contributed by atoms with E-state index < -0.39 is 0 Å². The number of carbonyl (C=O) groups excluding carboxylic acids is 1. The second-order valence-electron chi connectivity index (χ2n) is 4.96. The molecular weight excluding hydrogens is 198 g/mol. The van der Waals surface area contributed by atoms with E-state index in [9.17, 15) is 4.79 Å². The molecule has 0 aliphatic carbocycles. The van der Waals surface area contributed by atoms with Crippen molar-refractivity contribution in [1.29, 1.82) is 0 Å². The molecule has 16 heavy (non-hydrogen) atoms. The Balaban J connectivity index is 2.06. The molecule has 2 aliphatic heterocycles. The van der Waals surface area contributed by atoms with Crippen molar-refractivity contribution in [3.63, 3.8) is 0 Å². The lowest BCUT2D eigenvalue weighted by Gasteiger charge is -2.44. The fraction of sp³-hybridized carbons (Fsp3) is 0.500. The molecule has 0 N–H and O–H groups in total. The molecule has 1 aromatic carbocycles. The minimum atomic E-state index is 0.346. The van der Waals surface area contributed by atoms with Gasteiger partial charge in [0.15, 0.2) is 0 Å². The smallest absolute Gasteiger partial charge is 0.223 e. The molecular formula is C14H17NO. The molecule has 2 heteroatoms. The van der Waals surface area contributed by atoms with Crippen LogP contribution in [-0.4, -0.2) is 16.8 Å². The first-order valence-electron chi connectivity index (χ1n) is 6.16. The van der Waals surface area contributed by atoms with Gasteiger partial charge in [-0.2, -0.15) is 0 Å². The first-order chi connectivity index (χ1) is 7.77. The van der Waals surface area contributed by atoms with Crippen LogP contribution >= 0.6 is 0 Å². The van der Waals surface area contributed by atoms with Crippen molar-refractivity contribution in [2.45, 2.75) is 44.7 Å². The summed E-state index contributed by atoms with van der Waals surface area (Å²) in [6, 6.07) is 9.31. The molecule has 2 aliphatic rings. The van der Waals surface area contributed by atoms with Gasteiger partial charge >= 0.3 is 0 Å². The Hall–Kier alpha value is -1.31. The van der Waals surface area contributed by atoms with E-state index in [1.807, 2.05) is 0 Å². The van der Waals surface area contributed by atoms with Crippen LogP contribution in [0.5, 0.6) is 0 Å². The second kappa shape index (κ2) is 3.62. The zero-order valence-electron chi connectivity index (χ0n) is 9.65. The van der Waals surface area contributed by atoms with Gasteiger partial charge in [0, 0.05) is 12.5 Å². The van der Waals surface area contributed by atoms with Gasteiger partial charge in [0.05, 0.1) is 6.04 Å². The summed E-state index contributed by atoms with van der Waals surface area (Å²) in [5, 5.41) is 0. The summed E-state index contributed by atoms with van der Waals surface area (Å²) < 4.78 is 0. The van der Waals surface area contributed by atoms with Crippen LogP contribution in [0.25, 0.3) is 0 Å². The Morgan fingerprint density at radius 2 is 2.12 bits per heavy atom. The SMILES string of the molecule is CC1Cc2ccccc2C2CCCC(=O)N12. The van der Waals surface area contributed by atoms with Gasteiger partial charge in [-0.15, -0.1) is 0 Å². The topological polar surface area (TPSA) is 20.3 Å². The zero-order valence-corrected chi connectivity index (χ0v) is 9.65. The van der Waals surface area contributed by atoms with E-state index in [-0.39, 0.29) is 0 Å². The number of amides is 1. The van der Waals surface area contributed by atoms with E-state index in [1.165, 1.54) is 11.1 Å². The van der Waals surface area contributed by atoms with E-state index in [2.05, 4.69) is 36.1 Å². The summed E-state index contributed by atoms with van der Waals surface area (Å²) in [6.45, 7) is 2.17. The molecule has 0 spiro atoms. The highest BCUT2D eigenvalue weighted by atomic mass is 16.2. The molecule has 3 rings (SSSR count). The highest BCUT2D eigenvalue weighted by Gasteiger charge is 2.36. The summed E-state index contributed by atoms with van der Waals surface area (Å²) in [5.41, 5.74) is 2.82. The van der Waals surface area contributed by atoms with Crippen LogP contribution < -0.4 is 0 Å².